The number of nitrogen functional groups attached to an aromatic ring is 3. The van der Waals surface area contributed by atoms with Crippen molar-refractivity contribution in [2.75, 3.05) is 43.6 Å². The van der Waals surface area contributed by atoms with E-state index in [4.69, 9.17) is 68.8 Å². The van der Waals surface area contributed by atoms with E-state index in [-0.39, 0.29) is 23.4 Å². The molecule has 2 heterocycles. The van der Waals surface area contributed by atoms with Gasteiger partial charge in [-0.2, -0.15) is 0 Å². The van der Waals surface area contributed by atoms with Crippen LogP contribution in [0.1, 0.15) is 23.7 Å². The Labute approximate surface area is 262 Å². The molecule has 0 atom stereocenters. The molecule has 6 N–H and O–H groups in total. The molecule has 0 aromatic heterocycles. The number of nitrogens with two attached hydrogens (primary N) is 3. The average Bonchev–Trinajstić information content (AvgIpc) is 3.74. The Kier molecular flexibility index (Phi) is 9.90. The van der Waals surface area contributed by atoms with Crippen LogP contribution in [-0.2, 0) is 18.9 Å². The predicted octanol–water partition coefficient (Wildman–Crippen LogP) is 7.01. The largest absolute Gasteiger partial charge is 0.456 e. The van der Waals surface area contributed by atoms with E-state index < -0.39 is 11.2 Å². The fraction of sp³-hybridized carbons (Fsp3) is 0.200. The molecule has 4 aromatic rings. The van der Waals surface area contributed by atoms with Gasteiger partial charge in [-0.1, -0.05) is 35.3 Å². The normalized spacial score (nSPS) is 15.0. The predicted molar refractivity (Wildman–Crippen MR) is 165 cm³/mol. The SMILES string of the molecule is Nc1ccc(Oc2ccc(C3OCCO3)cc2Cl)cc1N.Nc1ccc(Oc2ccc(C3OCCO3)cc2Cl)cc1[N+](=O)[O-]. The summed E-state index contributed by atoms with van der Waals surface area (Å²) in [7, 11) is 0. The monoisotopic (exact) mass is 642 g/mol. The topological polar surface area (TPSA) is 177 Å². The Hall–Kier alpha value is -4.30. The molecule has 2 fully saturated rings. The van der Waals surface area contributed by atoms with E-state index in [1.54, 1.807) is 48.5 Å². The van der Waals surface area contributed by atoms with Gasteiger partial charge >= 0.3 is 0 Å². The van der Waals surface area contributed by atoms with Crippen LogP contribution in [0.2, 0.25) is 10.0 Å². The summed E-state index contributed by atoms with van der Waals surface area (Å²) >= 11 is 12.4. The van der Waals surface area contributed by atoms with Gasteiger partial charge in [-0.25, -0.2) is 0 Å². The maximum absolute atomic E-state index is 10.9. The molecular weight excluding hydrogens is 615 g/mol. The van der Waals surface area contributed by atoms with Gasteiger partial charge in [0.25, 0.3) is 5.69 Å². The van der Waals surface area contributed by atoms with Crippen LogP contribution in [0.25, 0.3) is 0 Å². The Balaban J connectivity index is 0.000000175. The fourth-order valence-electron chi connectivity index (χ4n) is 4.21. The van der Waals surface area contributed by atoms with Crippen molar-refractivity contribution in [3.05, 3.63) is 104 Å². The van der Waals surface area contributed by atoms with E-state index in [2.05, 4.69) is 0 Å². The molecule has 6 rings (SSSR count). The van der Waals surface area contributed by atoms with Gasteiger partial charge in [-0.15, -0.1) is 0 Å². The first-order valence-electron chi connectivity index (χ1n) is 13.3. The van der Waals surface area contributed by atoms with Crippen molar-refractivity contribution in [1.82, 2.24) is 0 Å². The van der Waals surface area contributed by atoms with Crippen molar-refractivity contribution in [1.29, 1.82) is 0 Å². The lowest BCUT2D eigenvalue weighted by atomic mass is 10.2. The number of anilines is 3. The van der Waals surface area contributed by atoms with E-state index in [9.17, 15) is 10.1 Å². The minimum Gasteiger partial charge on any atom is -0.456 e. The molecule has 12 nitrogen and oxygen atoms in total. The summed E-state index contributed by atoms with van der Waals surface area (Å²) in [4.78, 5) is 10.3. The van der Waals surface area contributed by atoms with Gasteiger partial charge < -0.3 is 45.6 Å². The Morgan fingerprint density at radius 1 is 0.636 bits per heavy atom. The lowest BCUT2D eigenvalue weighted by Gasteiger charge is -2.13. The number of nitro groups is 1. The van der Waals surface area contributed by atoms with Crippen molar-refractivity contribution in [2.24, 2.45) is 0 Å². The number of ether oxygens (including phenoxy) is 6. The maximum atomic E-state index is 10.9. The zero-order valence-corrected chi connectivity index (χ0v) is 24.6. The number of halogens is 2. The van der Waals surface area contributed by atoms with Crippen molar-refractivity contribution in [3.8, 4) is 23.0 Å². The molecule has 2 saturated heterocycles. The molecule has 0 saturated carbocycles. The Bertz CT molecular complexity index is 1650. The molecule has 4 aromatic carbocycles. The zero-order valence-electron chi connectivity index (χ0n) is 23.1. The van der Waals surface area contributed by atoms with Gasteiger partial charge in [0.2, 0.25) is 0 Å². The minimum absolute atomic E-state index is 0.0688. The molecule has 44 heavy (non-hydrogen) atoms. The second-order valence-electron chi connectivity index (χ2n) is 9.50. The third kappa shape index (κ3) is 7.61. The summed E-state index contributed by atoms with van der Waals surface area (Å²) in [6, 6.07) is 19.8. The molecular formula is C30H28Cl2N4O8. The van der Waals surface area contributed by atoms with Crippen molar-refractivity contribution < 1.29 is 33.3 Å². The summed E-state index contributed by atoms with van der Waals surface area (Å²) < 4.78 is 33.0. The number of nitrogens with zero attached hydrogens (tertiary/aromatic N) is 1. The van der Waals surface area contributed by atoms with Gasteiger partial charge in [0.1, 0.15) is 28.7 Å². The number of nitro benzene ring substituents is 1. The number of hydrogen-bond donors (Lipinski definition) is 3. The van der Waals surface area contributed by atoms with E-state index in [0.717, 1.165) is 11.1 Å². The van der Waals surface area contributed by atoms with E-state index >= 15 is 0 Å². The van der Waals surface area contributed by atoms with E-state index in [1.807, 2.05) is 6.07 Å². The van der Waals surface area contributed by atoms with Crippen molar-refractivity contribution in [2.45, 2.75) is 12.6 Å². The van der Waals surface area contributed by atoms with E-state index in [0.29, 0.717) is 65.1 Å². The highest BCUT2D eigenvalue weighted by atomic mass is 35.5. The Morgan fingerprint density at radius 3 is 1.52 bits per heavy atom. The first kappa shape index (κ1) is 31.1. The maximum Gasteiger partial charge on any atom is 0.295 e. The van der Waals surface area contributed by atoms with Crippen LogP contribution in [0.5, 0.6) is 23.0 Å². The van der Waals surface area contributed by atoms with Crippen molar-refractivity contribution in [3.63, 3.8) is 0 Å². The molecule has 0 radical (unpaired) electrons. The molecule has 0 amide bonds. The quantitative estimate of drug-likeness (QED) is 0.107. The first-order chi connectivity index (χ1) is 21.2. The van der Waals surface area contributed by atoms with Gasteiger partial charge in [-0.05, 0) is 48.5 Å². The molecule has 2 aliphatic rings. The number of hydrogen-bond acceptors (Lipinski definition) is 11. The van der Waals surface area contributed by atoms with Crippen LogP contribution < -0.4 is 26.7 Å². The molecule has 0 unspecified atom stereocenters. The van der Waals surface area contributed by atoms with E-state index in [1.165, 1.54) is 18.2 Å². The smallest absolute Gasteiger partial charge is 0.295 e. The molecule has 230 valence electrons. The van der Waals surface area contributed by atoms with Gasteiger partial charge in [0.15, 0.2) is 12.6 Å². The third-order valence-electron chi connectivity index (χ3n) is 6.41. The summed E-state index contributed by atoms with van der Waals surface area (Å²) in [5.74, 6) is 1.74. The Morgan fingerprint density at radius 2 is 1.09 bits per heavy atom. The van der Waals surface area contributed by atoms with Crippen LogP contribution in [0.4, 0.5) is 22.7 Å². The molecule has 14 heteroatoms. The second-order valence-corrected chi connectivity index (χ2v) is 10.3. The van der Waals surface area contributed by atoms with Crippen LogP contribution >= 0.6 is 23.2 Å². The first-order valence-corrected chi connectivity index (χ1v) is 14.0. The summed E-state index contributed by atoms with van der Waals surface area (Å²) in [5.41, 5.74) is 19.4. The van der Waals surface area contributed by atoms with Gasteiger partial charge in [-0.3, -0.25) is 10.1 Å². The highest BCUT2D eigenvalue weighted by Gasteiger charge is 2.21. The molecule has 0 aliphatic carbocycles. The highest BCUT2D eigenvalue weighted by Crippen LogP contribution is 2.37. The lowest BCUT2D eigenvalue weighted by molar-refractivity contribution is -0.384. The molecule has 0 bridgehead atoms. The summed E-state index contributed by atoms with van der Waals surface area (Å²) in [6.45, 7) is 2.25. The summed E-state index contributed by atoms with van der Waals surface area (Å²) in [6.07, 6.45) is -0.789. The van der Waals surface area contributed by atoms with Crippen LogP contribution in [0.15, 0.2) is 72.8 Å². The van der Waals surface area contributed by atoms with Crippen LogP contribution in [-0.4, -0.2) is 31.4 Å². The molecule has 2 aliphatic heterocycles. The van der Waals surface area contributed by atoms with Gasteiger partial charge in [0, 0.05) is 17.2 Å². The minimum atomic E-state index is -0.568. The average molecular weight is 643 g/mol. The zero-order chi connectivity index (χ0) is 31.2. The summed E-state index contributed by atoms with van der Waals surface area (Å²) in [5, 5.41) is 11.7. The fourth-order valence-corrected chi connectivity index (χ4v) is 4.67. The highest BCUT2D eigenvalue weighted by molar-refractivity contribution is 6.32. The number of benzene rings is 4. The molecule has 0 spiro atoms. The van der Waals surface area contributed by atoms with Crippen molar-refractivity contribution >= 4 is 46.0 Å². The second kappa shape index (κ2) is 14.0. The third-order valence-corrected chi connectivity index (χ3v) is 7.00. The lowest BCUT2D eigenvalue weighted by Crippen LogP contribution is -1.98. The standard InChI is InChI=1S/C15H13ClN2O5.C15H15ClN2O3/c16-11-7-9(15-21-5-6-22-15)1-4-14(11)23-10-2-3-12(17)13(8-10)18(19)20;16-11-7-9(15-19-5-6-20-15)1-4-14(11)21-10-2-3-12(17)13(18)8-10/h1-4,7-8,15H,5-6,17H2;1-4,7-8,15H,5-6,17-18H2. The van der Waals surface area contributed by atoms with Gasteiger partial charge in [0.05, 0.1) is 58.8 Å². The number of rotatable bonds is 7. The van der Waals surface area contributed by atoms with Crippen LogP contribution in [0, 0.1) is 10.1 Å². The van der Waals surface area contributed by atoms with Crippen LogP contribution in [0.3, 0.4) is 0 Å².